The summed E-state index contributed by atoms with van der Waals surface area (Å²) in [5, 5.41) is 1.67. The Kier molecular flexibility index (Phi) is 6.26. The molecule has 0 saturated heterocycles. The Morgan fingerprint density at radius 3 is 2.55 bits per heavy atom. The molecule has 188 valence electrons. The zero-order valence-corrected chi connectivity index (χ0v) is 22.4. The fourth-order valence-corrected chi connectivity index (χ4v) is 5.86. The lowest BCUT2D eigenvalue weighted by molar-refractivity contribution is 0.688. The van der Waals surface area contributed by atoms with E-state index in [1.165, 1.54) is 0 Å². The molecule has 0 spiro atoms. The highest BCUT2D eigenvalue weighted by molar-refractivity contribution is 7.16. The molecule has 0 amide bonds. The van der Waals surface area contributed by atoms with Crippen molar-refractivity contribution < 1.29 is 0 Å². The Balaban J connectivity index is 1.56. The minimum atomic E-state index is -0.0127. The molecule has 0 fully saturated rings. The van der Waals surface area contributed by atoms with E-state index in [9.17, 15) is 4.79 Å². The van der Waals surface area contributed by atoms with Gasteiger partial charge < -0.3 is 4.90 Å². The van der Waals surface area contributed by atoms with Gasteiger partial charge in [-0.2, -0.15) is 0 Å². The average Bonchev–Trinajstić information content (AvgIpc) is 3.43. The molecule has 6 rings (SSSR count). The number of anilines is 1. The van der Waals surface area contributed by atoms with Crippen LogP contribution < -0.4 is 10.5 Å². The zero-order chi connectivity index (χ0) is 26.2. The monoisotopic (exact) mass is 516 g/mol. The first kappa shape index (κ1) is 24.1. The maximum Gasteiger partial charge on any atom is 0.263 e. The van der Waals surface area contributed by atoms with E-state index in [4.69, 9.17) is 0 Å². The molecule has 0 radical (unpaired) electrons. The molecule has 0 bridgehead atoms. The molecule has 3 aromatic heterocycles. The van der Waals surface area contributed by atoms with Crippen LogP contribution in [-0.2, 0) is 6.42 Å². The second-order valence-corrected chi connectivity index (χ2v) is 10.7. The van der Waals surface area contributed by atoms with Gasteiger partial charge in [0.05, 0.1) is 21.3 Å². The van der Waals surface area contributed by atoms with Crippen LogP contribution in [0.1, 0.15) is 24.2 Å². The minimum absolute atomic E-state index is 0.0127. The SMILES string of the molecule is C[C@H](Cc1nccc2scnc12)c1cc2cccc(-c3cccc(N(C)C)c3)c2c(=O)n1-c1ccccc1. The van der Waals surface area contributed by atoms with Crippen molar-refractivity contribution in [1.29, 1.82) is 0 Å². The molecule has 0 saturated carbocycles. The number of benzene rings is 3. The van der Waals surface area contributed by atoms with E-state index in [-0.39, 0.29) is 11.5 Å². The van der Waals surface area contributed by atoms with Crippen molar-refractivity contribution in [2.45, 2.75) is 19.3 Å². The highest BCUT2D eigenvalue weighted by Gasteiger charge is 2.20. The number of para-hydroxylation sites is 1. The Morgan fingerprint density at radius 1 is 0.921 bits per heavy atom. The Morgan fingerprint density at radius 2 is 1.74 bits per heavy atom. The van der Waals surface area contributed by atoms with Crippen LogP contribution in [0.5, 0.6) is 0 Å². The number of nitrogens with zero attached hydrogens (tertiary/aromatic N) is 4. The smallest absolute Gasteiger partial charge is 0.263 e. The molecule has 1 atom stereocenters. The van der Waals surface area contributed by atoms with E-state index < -0.39 is 0 Å². The predicted molar refractivity (Wildman–Crippen MR) is 159 cm³/mol. The third-order valence-corrected chi connectivity index (χ3v) is 7.89. The number of pyridine rings is 2. The molecule has 3 aromatic carbocycles. The lowest BCUT2D eigenvalue weighted by atomic mass is 9.94. The van der Waals surface area contributed by atoms with Gasteiger partial charge in [0.25, 0.3) is 5.56 Å². The number of thiazole rings is 1. The third-order valence-electron chi connectivity index (χ3n) is 7.09. The summed E-state index contributed by atoms with van der Waals surface area (Å²) in [5.74, 6) is 0.0350. The molecule has 0 unspecified atom stereocenters. The molecule has 0 aliphatic heterocycles. The van der Waals surface area contributed by atoms with Gasteiger partial charge in [-0.05, 0) is 59.3 Å². The van der Waals surface area contributed by atoms with Gasteiger partial charge in [-0.1, -0.05) is 55.5 Å². The summed E-state index contributed by atoms with van der Waals surface area (Å²) >= 11 is 1.62. The number of aromatic nitrogens is 3. The van der Waals surface area contributed by atoms with Gasteiger partial charge in [0.15, 0.2) is 0 Å². The van der Waals surface area contributed by atoms with Gasteiger partial charge in [-0.25, -0.2) is 4.98 Å². The van der Waals surface area contributed by atoms with Gasteiger partial charge in [0.1, 0.15) is 5.52 Å². The van der Waals surface area contributed by atoms with E-state index >= 15 is 0 Å². The normalized spacial score (nSPS) is 12.2. The van der Waals surface area contributed by atoms with Crippen LogP contribution in [0, 0.1) is 0 Å². The Labute approximate surface area is 225 Å². The van der Waals surface area contributed by atoms with Gasteiger partial charge in [-0.15, -0.1) is 11.3 Å². The molecule has 5 nitrogen and oxygen atoms in total. The van der Waals surface area contributed by atoms with E-state index in [0.717, 1.165) is 54.9 Å². The fraction of sp³-hybridized carbons (Fsp3) is 0.156. The molecule has 0 N–H and O–H groups in total. The Bertz CT molecular complexity index is 1820. The highest BCUT2D eigenvalue weighted by Crippen LogP contribution is 2.32. The van der Waals surface area contributed by atoms with Crippen molar-refractivity contribution in [3.05, 3.63) is 118 Å². The standard InChI is InChI=1S/C32H28N4OS/c1-21(17-27-31-29(15-16-33-27)38-20-34-31)28-19-23-10-8-14-26(22-9-7-13-25(18-22)35(2)3)30(23)32(37)36(28)24-11-5-4-6-12-24/h4-16,18-21H,17H2,1-3H3/t21-/m1/s1. The van der Waals surface area contributed by atoms with E-state index in [0.29, 0.717) is 6.42 Å². The van der Waals surface area contributed by atoms with Crippen LogP contribution >= 0.6 is 11.3 Å². The van der Waals surface area contributed by atoms with Crippen LogP contribution in [0.2, 0.25) is 0 Å². The maximum atomic E-state index is 14.4. The van der Waals surface area contributed by atoms with Crippen molar-refractivity contribution in [2.75, 3.05) is 19.0 Å². The lowest BCUT2D eigenvalue weighted by Crippen LogP contribution is -2.24. The van der Waals surface area contributed by atoms with Crippen LogP contribution in [0.15, 0.2) is 101 Å². The highest BCUT2D eigenvalue weighted by atomic mass is 32.1. The van der Waals surface area contributed by atoms with Crippen LogP contribution in [0.3, 0.4) is 0 Å². The van der Waals surface area contributed by atoms with Gasteiger partial charge in [-0.3, -0.25) is 14.3 Å². The summed E-state index contributed by atoms with van der Waals surface area (Å²) in [5.41, 5.74) is 8.63. The summed E-state index contributed by atoms with van der Waals surface area (Å²) in [4.78, 5) is 25.7. The first-order valence-electron chi connectivity index (χ1n) is 12.7. The number of fused-ring (bicyclic) bond motifs is 2. The molecule has 0 aliphatic carbocycles. The molecular weight excluding hydrogens is 488 g/mol. The zero-order valence-electron chi connectivity index (χ0n) is 21.6. The summed E-state index contributed by atoms with van der Waals surface area (Å²) in [7, 11) is 4.05. The van der Waals surface area contributed by atoms with Crippen molar-refractivity contribution in [1.82, 2.24) is 14.5 Å². The van der Waals surface area contributed by atoms with Crippen LogP contribution in [0.4, 0.5) is 5.69 Å². The first-order chi connectivity index (χ1) is 18.5. The van der Waals surface area contributed by atoms with Crippen molar-refractivity contribution in [3.63, 3.8) is 0 Å². The number of hydrogen-bond acceptors (Lipinski definition) is 5. The van der Waals surface area contributed by atoms with Gasteiger partial charge >= 0.3 is 0 Å². The summed E-state index contributed by atoms with van der Waals surface area (Å²) in [6.07, 6.45) is 2.53. The van der Waals surface area contributed by atoms with Gasteiger partial charge in [0.2, 0.25) is 0 Å². The van der Waals surface area contributed by atoms with E-state index in [2.05, 4.69) is 46.1 Å². The molecule has 6 heteroatoms. The minimum Gasteiger partial charge on any atom is -0.378 e. The summed E-state index contributed by atoms with van der Waals surface area (Å²) in [6.45, 7) is 2.16. The van der Waals surface area contributed by atoms with Crippen LogP contribution in [0.25, 0.3) is 37.8 Å². The first-order valence-corrected chi connectivity index (χ1v) is 13.6. The quantitative estimate of drug-likeness (QED) is 0.237. The second-order valence-electron chi connectivity index (χ2n) is 9.82. The molecule has 6 aromatic rings. The predicted octanol–water partition coefficient (Wildman–Crippen LogP) is 7.07. The van der Waals surface area contributed by atoms with Gasteiger partial charge in [0, 0.05) is 43.3 Å². The molecule has 38 heavy (non-hydrogen) atoms. The average molecular weight is 517 g/mol. The van der Waals surface area contributed by atoms with E-state index in [1.807, 2.05) is 91.0 Å². The fourth-order valence-electron chi connectivity index (χ4n) is 5.17. The topological polar surface area (TPSA) is 51.0 Å². The summed E-state index contributed by atoms with van der Waals surface area (Å²) in [6, 6.07) is 28.6. The van der Waals surface area contributed by atoms with Crippen molar-refractivity contribution >= 4 is 38.0 Å². The number of rotatable bonds is 6. The molecular formula is C32H28N4OS. The lowest BCUT2D eigenvalue weighted by Gasteiger charge is -2.21. The maximum absolute atomic E-state index is 14.4. The Hall–Kier alpha value is -4.29. The molecule has 3 heterocycles. The van der Waals surface area contributed by atoms with E-state index in [1.54, 1.807) is 11.3 Å². The third kappa shape index (κ3) is 4.27. The van der Waals surface area contributed by atoms with Crippen LogP contribution in [-0.4, -0.2) is 28.6 Å². The van der Waals surface area contributed by atoms with Crippen molar-refractivity contribution in [3.8, 4) is 16.8 Å². The van der Waals surface area contributed by atoms with Crippen molar-refractivity contribution in [2.24, 2.45) is 0 Å². The molecule has 0 aliphatic rings. The summed E-state index contributed by atoms with van der Waals surface area (Å²) < 4.78 is 3.01. The second kappa shape index (κ2) is 9.88. The largest absolute Gasteiger partial charge is 0.378 e. The number of hydrogen-bond donors (Lipinski definition) is 0.